The first-order valence-electron chi connectivity index (χ1n) is 6.94. The summed E-state index contributed by atoms with van der Waals surface area (Å²) in [6.45, 7) is 0.607. The lowest BCUT2D eigenvalue weighted by Gasteiger charge is -2.03. The number of nitrogens with one attached hydrogen (secondary N) is 1. The van der Waals surface area contributed by atoms with Gasteiger partial charge in [0.1, 0.15) is 11.3 Å². The molecule has 3 rings (SSSR count). The Morgan fingerprint density at radius 3 is 2.61 bits per heavy atom. The van der Waals surface area contributed by atoms with Gasteiger partial charge >= 0.3 is 0 Å². The molecule has 3 aromatic rings. The zero-order valence-electron chi connectivity index (χ0n) is 12.3. The van der Waals surface area contributed by atoms with E-state index in [0.29, 0.717) is 12.3 Å². The van der Waals surface area contributed by atoms with Crippen molar-refractivity contribution < 1.29 is 4.42 Å². The van der Waals surface area contributed by atoms with Crippen molar-refractivity contribution in [2.45, 2.75) is 6.54 Å². The lowest BCUT2D eigenvalue weighted by atomic mass is 10.2. The molecule has 0 aliphatic rings. The van der Waals surface area contributed by atoms with Gasteiger partial charge < -0.3 is 15.5 Å². The predicted molar refractivity (Wildman–Crippen MR) is 104 cm³/mol. The minimum Gasteiger partial charge on any atom is -0.455 e. The molecule has 0 saturated carbocycles. The molecule has 0 bridgehead atoms. The number of para-hydroxylation sites is 1. The van der Waals surface area contributed by atoms with Crippen molar-refractivity contribution in [3.05, 3.63) is 72.0 Å². The first-order chi connectivity index (χ1) is 10.8. The van der Waals surface area contributed by atoms with Crippen LogP contribution in [0.4, 0.5) is 0 Å². The molecule has 23 heavy (non-hydrogen) atoms. The minimum absolute atomic E-state index is 0. The Hall–Kier alpha value is -2.35. The zero-order valence-corrected chi connectivity index (χ0v) is 14.7. The van der Waals surface area contributed by atoms with Crippen LogP contribution >= 0.6 is 24.0 Å². The molecule has 2 aromatic carbocycles. The average molecular weight is 420 g/mol. The number of hydrogen-bond donors (Lipinski definition) is 2. The summed E-state index contributed by atoms with van der Waals surface area (Å²) in [6, 6.07) is 19.6. The molecule has 1 heterocycles. The van der Waals surface area contributed by atoms with E-state index in [1.54, 1.807) is 0 Å². The van der Waals surface area contributed by atoms with Gasteiger partial charge in [0.2, 0.25) is 5.96 Å². The van der Waals surface area contributed by atoms with Crippen LogP contribution < -0.4 is 11.1 Å². The Morgan fingerprint density at radius 1 is 1.09 bits per heavy atom. The third kappa shape index (κ3) is 4.82. The normalized spacial score (nSPS) is 11.6. The summed E-state index contributed by atoms with van der Waals surface area (Å²) in [5.41, 5.74) is 7.70. The third-order valence-corrected chi connectivity index (χ3v) is 3.11. The summed E-state index contributed by atoms with van der Waals surface area (Å²) >= 11 is 0. The molecule has 0 unspecified atom stereocenters. The largest absolute Gasteiger partial charge is 0.455 e. The molecular formula is C17H17IN4O. The van der Waals surface area contributed by atoms with Gasteiger partial charge in [-0.1, -0.05) is 48.5 Å². The summed E-state index contributed by atoms with van der Waals surface area (Å²) in [5, 5.41) is 11.9. The maximum atomic E-state index is 5.76. The van der Waals surface area contributed by atoms with E-state index in [-0.39, 0.29) is 29.9 Å². The second kappa shape index (κ2) is 8.33. The standard InChI is InChI=1S/C17H16N4O.HI/c18-17(19-11-13-6-2-1-3-7-13)21-20-12-15-10-14-8-4-5-9-16(14)22-15;/h1-10,12H,11H2,(H3,18,19,21);1H. The molecule has 5 nitrogen and oxygen atoms in total. The number of halogens is 1. The number of nitrogens with two attached hydrogens (primary N) is 1. The number of furan rings is 1. The van der Waals surface area contributed by atoms with E-state index in [1.807, 2.05) is 60.7 Å². The minimum atomic E-state index is 0. The predicted octanol–water partition coefficient (Wildman–Crippen LogP) is 3.49. The maximum Gasteiger partial charge on any atom is 0.214 e. The molecule has 0 radical (unpaired) electrons. The SMILES string of the molecule is I.NC(=NN=Cc1cc2ccccc2o1)NCc1ccccc1. The van der Waals surface area contributed by atoms with Gasteiger partial charge in [-0.2, -0.15) is 5.10 Å². The topological polar surface area (TPSA) is 75.9 Å². The molecule has 0 aliphatic carbocycles. The van der Waals surface area contributed by atoms with Crippen LogP contribution in [0.3, 0.4) is 0 Å². The van der Waals surface area contributed by atoms with Gasteiger partial charge in [-0.05, 0) is 17.7 Å². The van der Waals surface area contributed by atoms with Gasteiger partial charge in [-0.3, -0.25) is 0 Å². The fraction of sp³-hybridized carbons (Fsp3) is 0.0588. The van der Waals surface area contributed by atoms with Crippen molar-refractivity contribution in [3.8, 4) is 0 Å². The van der Waals surface area contributed by atoms with Crippen LogP contribution in [-0.2, 0) is 6.54 Å². The van der Waals surface area contributed by atoms with Gasteiger partial charge in [-0.25, -0.2) is 0 Å². The Kier molecular flexibility index (Phi) is 6.16. The van der Waals surface area contributed by atoms with E-state index in [9.17, 15) is 0 Å². The highest BCUT2D eigenvalue weighted by Gasteiger charge is 1.99. The van der Waals surface area contributed by atoms with Gasteiger partial charge in [0.05, 0.1) is 6.21 Å². The molecule has 0 fully saturated rings. The Bertz CT molecular complexity index is 779. The number of fused-ring (bicyclic) bond motifs is 1. The third-order valence-electron chi connectivity index (χ3n) is 3.11. The lowest BCUT2D eigenvalue weighted by molar-refractivity contribution is 0.607. The summed E-state index contributed by atoms with van der Waals surface area (Å²) in [5.74, 6) is 0.900. The highest BCUT2D eigenvalue weighted by molar-refractivity contribution is 14.0. The van der Waals surface area contributed by atoms with Crippen molar-refractivity contribution in [2.75, 3.05) is 0 Å². The van der Waals surface area contributed by atoms with Gasteiger partial charge in [-0.15, -0.1) is 29.1 Å². The van der Waals surface area contributed by atoms with E-state index < -0.39 is 0 Å². The van der Waals surface area contributed by atoms with Gasteiger partial charge in [0.15, 0.2) is 0 Å². The smallest absolute Gasteiger partial charge is 0.214 e. The Labute approximate surface area is 151 Å². The number of guanidine groups is 1. The summed E-state index contributed by atoms with van der Waals surface area (Å²) in [6.07, 6.45) is 1.54. The fourth-order valence-electron chi connectivity index (χ4n) is 2.04. The molecule has 0 atom stereocenters. The summed E-state index contributed by atoms with van der Waals surface area (Å²) in [7, 11) is 0. The van der Waals surface area contributed by atoms with Crippen LogP contribution in [0.5, 0.6) is 0 Å². The maximum absolute atomic E-state index is 5.76. The molecule has 3 N–H and O–H groups in total. The molecule has 118 valence electrons. The Balaban J connectivity index is 0.00000192. The zero-order chi connectivity index (χ0) is 15.2. The first kappa shape index (κ1) is 17.0. The average Bonchev–Trinajstić information content (AvgIpc) is 2.96. The molecule has 1 aromatic heterocycles. The number of nitrogens with zero attached hydrogens (tertiary/aromatic N) is 2. The van der Waals surface area contributed by atoms with E-state index in [0.717, 1.165) is 16.5 Å². The van der Waals surface area contributed by atoms with Crippen LogP contribution in [0.15, 0.2) is 75.3 Å². The molecule has 6 heteroatoms. The number of benzene rings is 2. The van der Waals surface area contributed by atoms with Crippen LogP contribution in [0.25, 0.3) is 11.0 Å². The van der Waals surface area contributed by atoms with E-state index in [2.05, 4.69) is 15.5 Å². The van der Waals surface area contributed by atoms with E-state index in [4.69, 9.17) is 10.2 Å². The monoisotopic (exact) mass is 420 g/mol. The lowest BCUT2D eigenvalue weighted by Crippen LogP contribution is -2.30. The van der Waals surface area contributed by atoms with Crippen LogP contribution in [-0.4, -0.2) is 12.2 Å². The molecule has 0 amide bonds. The summed E-state index contributed by atoms with van der Waals surface area (Å²) < 4.78 is 5.60. The van der Waals surface area contributed by atoms with Crippen LogP contribution in [0.2, 0.25) is 0 Å². The second-order valence-corrected chi connectivity index (χ2v) is 4.76. The van der Waals surface area contributed by atoms with Gasteiger partial charge in [0.25, 0.3) is 0 Å². The van der Waals surface area contributed by atoms with E-state index in [1.165, 1.54) is 6.21 Å². The molecular weight excluding hydrogens is 403 g/mol. The van der Waals surface area contributed by atoms with Crippen molar-refractivity contribution in [2.24, 2.45) is 15.9 Å². The molecule has 0 aliphatic heterocycles. The highest BCUT2D eigenvalue weighted by Crippen LogP contribution is 2.17. The van der Waals surface area contributed by atoms with Gasteiger partial charge in [0, 0.05) is 11.9 Å². The number of hydrogen-bond acceptors (Lipinski definition) is 3. The molecule has 0 spiro atoms. The van der Waals surface area contributed by atoms with Crippen LogP contribution in [0, 0.1) is 0 Å². The van der Waals surface area contributed by atoms with Crippen molar-refractivity contribution >= 4 is 47.1 Å². The first-order valence-corrected chi connectivity index (χ1v) is 6.94. The molecule has 0 saturated heterocycles. The quantitative estimate of drug-likeness (QED) is 0.294. The van der Waals surface area contributed by atoms with E-state index >= 15 is 0 Å². The second-order valence-electron chi connectivity index (χ2n) is 4.76. The van der Waals surface area contributed by atoms with Crippen molar-refractivity contribution in [1.29, 1.82) is 0 Å². The highest BCUT2D eigenvalue weighted by atomic mass is 127. The fourth-order valence-corrected chi connectivity index (χ4v) is 2.04. The van der Waals surface area contributed by atoms with Crippen molar-refractivity contribution in [3.63, 3.8) is 0 Å². The van der Waals surface area contributed by atoms with Crippen LogP contribution in [0.1, 0.15) is 11.3 Å². The number of rotatable bonds is 4. The summed E-state index contributed by atoms with van der Waals surface area (Å²) in [4.78, 5) is 0. The van der Waals surface area contributed by atoms with Crippen molar-refractivity contribution in [1.82, 2.24) is 5.32 Å². The Morgan fingerprint density at radius 2 is 1.83 bits per heavy atom.